The van der Waals surface area contributed by atoms with E-state index < -0.39 is 0 Å². The Bertz CT molecular complexity index is 956. The molecule has 3 nitrogen and oxygen atoms in total. The van der Waals surface area contributed by atoms with Gasteiger partial charge in [-0.25, -0.2) is 4.79 Å². The Morgan fingerprint density at radius 1 is 1.14 bits per heavy atom. The van der Waals surface area contributed by atoms with Crippen molar-refractivity contribution in [1.82, 2.24) is 0 Å². The van der Waals surface area contributed by atoms with Crippen LogP contribution in [0.2, 0.25) is 5.02 Å². The van der Waals surface area contributed by atoms with E-state index in [9.17, 15) is 4.79 Å². The van der Waals surface area contributed by atoms with Crippen LogP contribution in [0.4, 0.5) is 0 Å². The first-order valence-electron chi connectivity index (χ1n) is 7.44. The van der Waals surface area contributed by atoms with Crippen LogP contribution >= 0.6 is 11.6 Å². The first-order valence-corrected chi connectivity index (χ1v) is 7.82. The van der Waals surface area contributed by atoms with E-state index in [4.69, 9.17) is 20.8 Å². The lowest BCUT2D eigenvalue weighted by molar-refractivity contribution is 0.420. The molecule has 0 radical (unpaired) electrons. The lowest BCUT2D eigenvalue weighted by Crippen LogP contribution is -2.15. The molecule has 1 aromatic heterocycles. The maximum absolute atomic E-state index is 12.3. The van der Waals surface area contributed by atoms with Gasteiger partial charge >= 0.3 is 5.63 Å². The number of hydrogen-bond donors (Lipinski definition) is 0. The third kappa shape index (κ3) is 1.85. The van der Waals surface area contributed by atoms with Crippen LogP contribution in [-0.2, 0) is 12.8 Å². The third-order valence-electron chi connectivity index (χ3n) is 4.48. The van der Waals surface area contributed by atoms with Crippen molar-refractivity contribution in [2.75, 3.05) is 7.11 Å². The quantitative estimate of drug-likeness (QED) is 0.491. The fraction of sp³-hybridized carbons (Fsp3) is 0.278. The minimum Gasteiger partial charge on any atom is -0.496 e. The Morgan fingerprint density at radius 2 is 1.91 bits per heavy atom. The van der Waals surface area contributed by atoms with Gasteiger partial charge in [0.2, 0.25) is 0 Å². The minimum atomic E-state index is -0.214. The summed E-state index contributed by atoms with van der Waals surface area (Å²) in [5.74, 6) is 0.717. The van der Waals surface area contributed by atoms with Crippen LogP contribution in [-0.4, -0.2) is 7.11 Å². The zero-order valence-electron chi connectivity index (χ0n) is 12.2. The van der Waals surface area contributed by atoms with Crippen LogP contribution in [0.25, 0.3) is 21.7 Å². The molecule has 0 saturated carbocycles. The van der Waals surface area contributed by atoms with E-state index in [1.54, 1.807) is 7.11 Å². The number of benzene rings is 2. The number of fused-ring (bicyclic) bond motifs is 5. The molecule has 1 aliphatic carbocycles. The minimum absolute atomic E-state index is 0.214. The Morgan fingerprint density at radius 3 is 2.68 bits per heavy atom. The van der Waals surface area contributed by atoms with Crippen molar-refractivity contribution in [2.24, 2.45) is 0 Å². The zero-order chi connectivity index (χ0) is 15.3. The van der Waals surface area contributed by atoms with Crippen molar-refractivity contribution in [3.05, 3.63) is 50.8 Å². The molecule has 1 aliphatic rings. The average Bonchev–Trinajstić information content (AvgIpc) is 2.55. The summed E-state index contributed by atoms with van der Waals surface area (Å²) >= 11 is 6.32. The predicted molar refractivity (Wildman–Crippen MR) is 88.2 cm³/mol. The summed E-state index contributed by atoms with van der Waals surface area (Å²) in [6.45, 7) is 0. The molecule has 0 atom stereocenters. The highest BCUT2D eigenvalue weighted by Crippen LogP contribution is 2.39. The van der Waals surface area contributed by atoms with Gasteiger partial charge in [0.25, 0.3) is 0 Å². The summed E-state index contributed by atoms with van der Waals surface area (Å²) in [5, 5.41) is 3.18. The highest BCUT2D eigenvalue weighted by molar-refractivity contribution is 6.37. The zero-order valence-corrected chi connectivity index (χ0v) is 13.0. The molecule has 4 heteroatoms. The molecule has 0 spiro atoms. The van der Waals surface area contributed by atoms with Crippen LogP contribution in [0.1, 0.15) is 24.0 Å². The number of hydrogen-bond acceptors (Lipinski definition) is 3. The highest BCUT2D eigenvalue weighted by Gasteiger charge is 2.21. The van der Waals surface area contributed by atoms with Gasteiger partial charge in [-0.3, -0.25) is 0 Å². The van der Waals surface area contributed by atoms with E-state index in [-0.39, 0.29) is 5.63 Å². The summed E-state index contributed by atoms with van der Waals surface area (Å²) in [7, 11) is 1.63. The predicted octanol–water partition coefficient (Wildman–Crippen LogP) is 4.49. The van der Waals surface area contributed by atoms with E-state index in [2.05, 4.69) is 0 Å². The molecule has 4 rings (SSSR count). The lowest BCUT2D eigenvalue weighted by atomic mass is 9.89. The van der Waals surface area contributed by atoms with Crippen molar-refractivity contribution in [2.45, 2.75) is 25.7 Å². The van der Waals surface area contributed by atoms with Gasteiger partial charge in [-0.1, -0.05) is 23.7 Å². The number of aryl methyl sites for hydroxylation is 1. The summed E-state index contributed by atoms with van der Waals surface area (Å²) in [5.41, 5.74) is 2.33. The van der Waals surface area contributed by atoms with Crippen molar-refractivity contribution in [1.29, 1.82) is 0 Å². The summed E-state index contributed by atoms with van der Waals surface area (Å²) < 4.78 is 11.2. The fourth-order valence-corrected chi connectivity index (χ4v) is 3.72. The SMILES string of the molecule is COc1cc2c3c(c(=O)oc2c2cccc(Cl)c12)CCCC3. The maximum atomic E-state index is 12.3. The molecule has 0 bridgehead atoms. The Hall–Kier alpha value is -2.00. The molecule has 0 fully saturated rings. The van der Waals surface area contributed by atoms with Crippen LogP contribution in [0.5, 0.6) is 5.75 Å². The van der Waals surface area contributed by atoms with E-state index in [0.29, 0.717) is 10.6 Å². The second-order valence-corrected chi connectivity index (χ2v) is 6.08. The van der Waals surface area contributed by atoms with Crippen molar-refractivity contribution in [3.63, 3.8) is 0 Å². The standard InChI is InChI=1S/C18H15ClO3/c1-21-15-9-13-10-5-2-3-6-11(10)18(20)22-17(13)12-7-4-8-14(19)16(12)15/h4,7-9H,2-3,5-6H2,1H3. The van der Waals surface area contributed by atoms with Crippen molar-refractivity contribution in [3.8, 4) is 5.75 Å². The number of ether oxygens (including phenoxy) is 1. The van der Waals surface area contributed by atoms with Gasteiger partial charge in [-0.2, -0.15) is 0 Å². The first kappa shape index (κ1) is 13.6. The molecule has 0 N–H and O–H groups in total. The normalized spacial score (nSPS) is 14.3. The van der Waals surface area contributed by atoms with Gasteiger partial charge in [0.05, 0.1) is 12.1 Å². The van der Waals surface area contributed by atoms with Crippen LogP contribution in [0.15, 0.2) is 33.5 Å². The van der Waals surface area contributed by atoms with Crippen molar-refractivity contribution < 1.29 is 9.15 Å². The smallest absolute Gasteiger partial charge is 0.339 e. The molecule has 3 aromatic rings. The van der Waals surface area contributed by atoms with E-state index >= 15 is 0 Å². The number of rotatable bonds is 1. The second kappa shape index (κ2) is 5.03. The lowest BCUT2D eigenvalue weighted by Gasteiger charge is -2.18. The van der Waals surface area contributed by atoms with Crippen LogP contribution < -0.4 is 10.4 Å². The highest BCUT2D eigenvalue weighted by atomic mass is 35.5. The van der Waals surface area contributed by atoms with E-state index in [1.165, 1.54) is 0 Å². The molecule has 0 saturated heterocycles. The van der Waals surface area contributed by atoms with Gasteiger partial charge in [0.15, 0.2) is 0 Å². The Labute approximate surface area is 132 Å². The van der Waals surface area contributed by atoms with Gasteiger partial charge < -0.3 is 9.15 Å². The fourth-order valence-electron chi connectivity index (χ4n) is 3.45. The monoisotopic (exact) mass is 314 g/mol. The molecule has 0 amide bonds. The summed E-state index contributed by atoms with van der Waals surface area (Å²) in [4.78, 5) is 12.3. The molecule has 2 aromatic carbocycles. The maximum Gasteiger partial charge on any atom is 0.339 e. The Balaban J connectivity index is 2.25. The van der Waals surface area contributed by atoms with E-state index in [0.717, 1.165) is 58.7 Å². The molecule has 112 valence electrons. The van der Waals surface area contributed by atoms with Gasteiger partial charge in [0.1, 0.15) is 11.3 Å². The molecular formula is C18H15ClO3. The Kier molecular flexibility index (Phi) is 3.12. The van der Waals surface area contributed by atoms with Gasteiger partial charge in [-0.05, 0) is 43.4 Å². The molecule has 0 aliphatic heterocycles. The van der Waals surface area contributed by atoms with Crippen LogP contribution in [0, 0.1) is 0 Å². The topological polar surface area (TPSA) is 39.4 Å². The molecule has 22 heavy (non-hydrogen) atoms. The van der Waals surface area contributed by atoms with Crippen LogP contribution in [0.3, 0.4) is 0 Å². The number of halogens is 1. The molecule has 1 heterocycles. The van der Waals surface area contributed by atoms with Gasteiger partial charge in [-0.15, -0.1) is 0 Å². The molecular weight excluding hydrogens is 300 g/mol. The summed E-state index contributed by atoms with van der Waals surface area (Å²) in [6.07, 6.45) is 3.84. The average molecular weight is 315 g/mol. The van der Waals surface area contributed by atoms with Crippen molar-refractivity contribution >= 4 is 33.3 Å². The second-order valence-electron chi connectivity index (χ2n) is 5.67. The van der Waals surface area contributed by atoms with E-state index in [1.807, 2.05) is 24.3 Å². The molecule has 0 unspecified atom stereocenters. The van der Waals surface area contributed by atoms with Gasteiger partial charge in [0, 0.05) is 21.7 Å². The third-order valence-corrected chi connectivity index (χ3v) is 4.79. The first-order chi connectivity index (χ1) is 10.7. The summed E-state index contributed by atoms with van der Waals surface area (Å²) in [6, 6.07) is 7.55. The largest absolute Gasteiger partial charge is 0.496 e. The number of methoxy groups -OCH3 is 1.